The maximum absolute atomic E-state index is 9.00. The highest BCUT2D eigenvalue weighted by molar-refractivity contribution is 4.86. The van der Waals surface area contributed by atoms with Gasteiger partial charge in [-0.3, -0.25) is 0 Å². The Labute approximate surface area is 69.3 Å². The zero-order valence-electron chi connectivity index (χ0n) is 7.72. The van der Waals surface area contributed by atoms with Gasteiger partial charge < -0.3 is 10.4 Å². The van der Waals surface area contributed by atoms with E-state index in [1.54, 1.807) is 6.92 Å². The number of rotatable bonds is 5. The van der Waals surface area contributed by atoms with E-state index in [0.29, 0.717) is 6.54 Å². The molecule has 0 spiro atoms. The second-order valence-electron chi connectivity index (χ2n) is 3.61. The molecule has 0 aromatic heterocycles. The predicted octanol–water partition coefficient (Wildman–Crippen LogP) is 1.31. The van der Waals surface area contributed by atoms with Crippen LogP contribution in [0.15, 0.2) is 12.7 Å². The first-order valence-electron chi connectivity index (χ1n) is 4.02. The molecule has 0 radical (unpaired) electrons. The smallest absolute Gasteiger partial charge is 0.0636 e. The molecule has 0 aromatic rings. The molecular formula is C9H19NO. The molecule has 0 heterocycles. The van der Waals surface area contributed by atoms with Crippen LogP contribution in [0.1, 0.15) is 27.2 Å². The van der Waals surface area contributed by atoms with Crippen LogP contribution < -0.4 is 5.32 Å². The first-order valence-corrected chi connectivity index (χ1v) is 4.02. The van der Waals surface area contributed by atoms with Crippen LogP contribution in [0.5, 0.6) is 0 Å². The average molecular weight is 157 g/mol. The van der Waals surface area contributed by atoms with Crippen LogP contribution in [-0.4, -0.2) is 23.3 Å². The van der Waals surface area contributed by atoms with Crippen LogP contribution in [0, 0.1) is 0 Å². The van der Waals surface area contributed by atoms with Gasteiger partial charge in [0.15, 0.2) is 0 Å². The van der Waals surface area contributed by atoms with Gasteiger partial charge in [0.25, 0.3) is 0 Å². The van der Waals surface area contributed by atoms with Crippen LogP contribution in [0.4, 0.5) is 0 Å². The number of hydrogen-bond donors (Lipinski definition) is 2. The van der Waals surface area contributed by atoms with Crippen molar-refractivity contribution in [3.8, 4) is 0 Å². The first kappa shape index (κ1) is 10.7. The van der Waals surface area contributed by atoms with Gasteiger partial charge in [0, 0.05) is 12.1 Å². The lowest BCUT2D eigenvalue weighted by atomic mass is 10.0. The molecule has 0 aliphatic heterocycles. The van der Waals surface area contributed by atoms with E-state index in [1.807, 2.05) is 6.08 Å². The quantitative estimate of drug-likeness (QED) is 0.590. The van der Waals surface area contributed by atoms with Gasteiger partial charge in [-0.05, 0) is 27.2 Å². The van der Waals surface area contributed by atoms with E-state index in [2.05, 4.69) is 25.7 Å². The summed E-state index contributed by atoms with van der Waals surface area (Å²) in [7, 11) is 0. The zero-order chi connectivity index (χ0) is 8.91. The van der Waals surface area contributed by atoms with Crippen molar-refractivity contribution in [1.82, 2.24) is 5.32 Å². The molecule has 11 heavy (non-hydrogen) atoms. The molecule has 66 valence electrons. The monoisotopic (exact) mass is 157 g/mol. The minimum absolute atomic E-state index is 0.0543. The summed E-state index contributed by atoms with van der Waals surface area (Å²) < 4.78 is 0. The fourth-order valence-electron chi connectivity index (χ4n) is 0.857. The molecule has 1 atom stereocenters. The van der Waals surface area contributed by atoms with Gasteiger partial charge >= 0.3 is 0 Å². The summed E-state index contributed by atoms with van der Waals surface area (Å²) in [4.78, 5) is 0. The summed E-state index contributed by atoms with van der Waals surface area (Å²) in [5.41, 5.74) is 0.0543. The largest absolute Gasteiger partial charge is 0.392 e. The molecule has 0 aliphatic rings. The lowest BCUT2D eigenvalue weighted by Gasteiger charge is -2.25. The van der Waals surface area contributed by atoms with Gasteiger partial charge in [-0.25, -0.2) is 0 Å². The maximum Gasteiger partial charge on any atom is 0.0636 e. The van der Waals surface area contributed by atoms with Crippen molar-refractivity contribution in [2.45, 2.75) is 38.8 Å². The summed E-state index contributed by atoms with van der Waals surface area (Å²) >= 11 is 0. The van der Waals surface area contributed by atoms with Crippen molar-refractivity contribution in [2.75, 3.05) is 6.54 Å². The van der Waals surface area contributed by atoms with Crippen LogP contribution >= 0.6 is 0 Å². The van der Waals surface area contributed by atoms with Crippen LogP contribution in [0.3, 0.4) is 0 Å². The summed E-state index contributed by atoms with van der Waals surface area (Å²) in [5.74, 6) is 0. The van der Waals surface area contributed by atoms with E-state index in [4.69, 9.17) is 5.11 Å². The lowest BCUT2D eigenvalue weighted by molar-refractivity contribution is 0.177. The number of aliphatic hydroxyl groups is 1. The van der Waals surface area contributed by atoms with Gasteiger partial charge in [0.1, 0.15) is 0 Å². The Morgan fingerprint density at radius 1 is 1.64 bits per heavy atom. The molecule has 0 saturated carbocycles. The Bertz CT molecular complexity index is 119. The fourth-order valence-corrected chi connectivity index (χ4v) is 0.857. The summed E-state index contributed by atoms with van der Waals surface area (Å²) in [6, 6.07) is 0. The second kappa shape index (κ2) is 4.52. The van der Waals surface area contributed by atoms with Gasteiger partial charge in [-0.15, -0.1) is 6.58 Å². The second-order valence-corrected chi connectivity index (χ2v) is 3.61. The zero-order valence-corrected chi connectivity index (χ0v) is 7.72. The van der Waals surface area contributed by atoms with Crippen LogP contribution in [0.2, 0.25) is 0 Å². The number of β-amino-alcohol motifs (C(OH)–C–C–N with tert-alkyl or cyclic N) is 1. The third-order valence-electron chi connectivity index (χ3n) is 1.53. The lowest BCUT2D eigenvalue weighted by Crippen LogP contribution is -2.42. The maximum atomic E-state index is 9.00. The Morgan fingerprint density at radius 3 is 2.55 bits per heavy atom. The first-order chi connectivity index (χ1) is 4.98. The van der Waals surface area contributed by atoms with Crippen molar-refractivity contribution in [1.29, 1.82) is 0 Å². The van der Waals surface area contributed by atoms with Gasteiger partial charge in [-0.1, -0.05) is 6.08 Å². The van der Waals surface area contributed by atoms with E-state index in [1.165, 1.54) is 0 Å². The topological polar surface area (TPSA) is 32.3 Å². The summed E-state index contributed by atoms with van der Waals surface area (Å²) in [6.07, 6.45) is 2.52. The van der Waals surface area contributed by atoms with Crippen LogP contribution in [0.25, 0.3) is 0 Å². The Morgan fingerprint density at radius 2 is 2.18 bits per heavy atom. The van der Waals surface area contributed by atoms with Crippen molar-refractivity contribution in [3.63, 3.8) is 0 Å². The molecule has 0 amide bonds. The van der Waals surface area contributed by atoms with Crippen molar-refractivity contribution in [2.24, 2.45) is 0 Å². The standard InChI is InChI=1S/C9H19NO/c1-5-6-9(3,4)10-7-8(2)11/h5,8,10-11H,1,6-7H2,2-4H3/t8-/m1/s1. The van der Waals surface area contributed by atoms with E-state index < -0.39 is 0 Å². The van der Waals surface area contributed by atoms with Crippen molar-refractivity contribution < 1.29 is 5.11 Å². The molecule has 0 unspecified atom stereocenters. The van der Waals surface area contributed by atoms with Crippen molar-refractivity contribution >= 4 is 0 Å². The van der Waals surface area contributed by atoms with Gasteiger partial charge in [0.2, 0.25) is 0 Å². The molecular weight excluding hydrogens is 138 g/mol. The molecule has 2 nitrogen and oxygen atoms in total. The minimum Gasteiger partial charge on any atom is -0.392 e. The Hall–Kier alpha value is -0.340. The van der Waals surface area contributed by atoms with Gasteiger partial charge in [-0.2, -0.15) is 0 Å². The average Bonchev–Trinajstić information content (AvgIpc) is 1.84. The highest BCUT2D eigenvalue weighted by Crippen LogP contribution is 2.07. The molecule has 0 bridgehead atoms. The van der Waals surface area contributed by atoms with Gasteiger partial charge in [0.05, 0.1) is 6.10 Å². The number of hydrogen-bond acceptors (Lipinski definition) is 2. The third kappa shape index (κ3) is 6.07. The van der Waals surface area contributed by atoms with E-state index >= 15 is 0 Å². The highest BCUT2D eigenvalue weighted by atomic mass is 16.3. The van der Waals surface area contributed by atoms with E-state index in [-0.39, 0.29) is 11.6 Å². The molecule has 0 aliphatic carbocycles. The molecule has 0 rings (SSSR count). The van der Waals surface area contributed by atoms with Crippen LogP contribution in [-0.2, 0) is 0 Å². The van der Waals surface area contributed by atoms with E-state index in [0.717, 1.165) is 6.42 Å². The van der Waals surface area contributed by atoms with Crippen molar-refractivity contribution in [3.05, 3.63) is 12.7 Å². The molecule has 0 saturated heterocycles. The molecule has 2 heteroatoms. The Balaban J connectivity index is 3.62. The fraction of sp³-hybridized carbons (Fsp3) is 0.778. The normalized spacial score (nSPS) is 14.5. The highest BCUT2D eigenvalue weighted by Gasteiger charge is 2.14. The molecule has 0 fully saturated rings. The summed E-state index contributed by atoms with van der Waals surface area (Å²) in [6.45, 7) is 10.3. The molecule has 2 N–H and O–H groups in total. The Kier molecular flexibility index (Phi) is 4.38. The third-order valence-corrected chi connectivity index (χ3v) is 1.53. The SMILES string of the molecule is C=CCC(C)(C)NC[C@@H](C)O. The van der Waals surface area contributed by atoms with E-state index in [9.17, 15) is 0 Å². The summed E-state index contributed by atoms with van der Waals surface area (Å²) in [5, 5.41) is 12.2. The number of aliphatic hydroxyl groups excluding tert-OH is 1. The minimum atomic E-state index is -0.279. The molecule has 0 aromatic carbocycles. The predicted molar refractivity (Wildman–Crippen MR) is 48.6 cm³/mol. The number of nitrogens with one attached hydrogen (secondary N) is 1.